The highest BCUT2D eigenvalue weighted by molar-refractivity contribution is 6.32. The summed E-state index contributed by atoms with van der Waals surface area (Å²) in [6.45, 7) is 0. The fraction of sp³-hybridized carbons (Fsp3) is 0.312. The summed E-state index contributed by atoms with van der Waals surface area (Å²) in [7, 11) is 0. The molecule has 2 aliphatic rings. The first-order valence-electron chi connectivity index (χ1n) is 7.41. The second kappa shape index (κ2) is 6.44. The Kier molecular flexibility index (Phi) is 4.47. The smallest absolute Gasteiger partial charge is 0.309 e. The highest BCUT2D eigenvalue weighted by Crippen LogP contribution is 2.41. The second-order valence-corrected chi connectivity index (χ2v) is 6.24. The van der Waals surface area contributed by atoms with Gasteiger partial charge in [0, 0.05) is 30.4 Å². The van der Waals surface area contributed by atoms with Crippen molar-refractivity contribution < 1.29 is 28.2 Å². The maximum Gasteiger partial charge on any atom is 0.309 e. The van der Waals surface area contributed by atoms with Crippen molar-refractivity contribution in [3.63, 3.8) is 0 Å². The quantitative estimate of drug-likeness (QED) is 0.834. The van der Waals surface area contributed by atoms with E-state index in [-0.39, 0.29) is 35.2 Å². The molecule has 0 radical (unpaired) electrons. The molecular formula is C16H13ClF2N2O4. The number of nitrogens with zero attached hydrogens (tertiary/aromatic N) is 1. The van der Waals surface area contributed by atoms with Gasteiger partial charge in [0.05, 0.1) is 12.1 Å². The minimum Gasteiger partial charge on any atom is -0.481 e. The van der Waals surface area contributed by atoms with Gasteiger partial charge in [0.1, 0.15) is 11.7 Å². The maximum atomic E-state index is 13.7. The number of rotatable bonds is 5. The minimum atomic E-state index is -1.25. The Morgan fingerprint density at radius 1 is 1.36 bits per heavy atom. The van der Waals surface area contributed by atoms with E-state index < -0.39 is 29.1 Å². The lowest BCUT2D eigenvalue weighted by atomic mass is 10.2. The standard InChI is InChI=1S/C16H13ClF2N2O4/c17-9-6-13(20-11(9)7-14(22)23)21-15(24)16(3-4-16)25-12-2-1-8(18)5-10(12)19/h1-2,5H,3-4,6-7H2,(H,22,23)(H,20,21,24). The SMILES string of the molecule is O=C(O)CC1=C(Cl)CC(NC(=O)C2(Oc3ccc(F)cc3F)CC2)=N1. The Bertz CT molecular complexity index is 818. The zero-order valence-corrected chi connectivity index (χ0v) is 13.6. The third-order valence-electron chi connectivity index (χ3n) is 3.80. The molecule has 1 amide bonds. The van der Waals surface area contributed by atoms with Crippen LogP contribution in [-0.2, 0) is 9.59 Å². The highest BCUT2D eigenvalue weighted by Gasteiger charge is 2.53. The highest BCUT2D eigenvalue weighted by atomic mass is 35.5. The lowest BCUT2D eigenvalue weighted by Crippen LogP contribution is -2.43. The molecule has 0 saturated heterocycles. The summed E-state index contributed by atoms with van der Waals surface area (Å²) in [4.78, 5) is 27.1. The van der Waals surface area contributed by atoms with Gasteiger partial charge in [-0.05, 0) is 12.1 Å². The molecule has 1 fully saturated rings. The number of carbonyl (C=O) groups excluding carboxylic acids is 1. The third kappa shape index (κ3) is 3.79. The van der Waals surface area contributed by atoms with Crippen molar-refractivity contribution in [3.8, 4) is 5.75 Å². The van der Waals surface area contributed by atoms with Crippen LogP contribution in [0, 0.1) is 11.6 Å². The van der Waals surface area contributed by atoms with Crippen LogP contribution in [0.3, 0.4) is 0 Å². The van der Waals surface area contributed by atoms with Gasteiger partial charge in [-0.3, -0.25) is 9.59 Å². The Hall–Kier alpha value is -2.48. The third-order valence-corrected chi connectivity index (χ3v) is 4.15. The van der Waals surface area contributed by atoms with Gasteiger partial charge in [0.15, 0.2) is 17.2 Å². The number of aliphatic carboxylic acids is 1. The summed E-state index contributed by atoms with van der Waals surface area (Å²) < 4.78 is 32.1. The minimum absolute atomic E-state index is 0.108. The number of carbonyl (C=O) groups is 2. The van der Waals surface area contributed by atoms with Crippen LogP contribution in [-0.4, -0.2) is 28.4 Å². The molecule has 0 atom stereocenters. The number of carboxylic acids is 1. The van der Waals surface area contributed by atoms with E-state index in [4.69, 9.17) is 21.4 Å². The Balaban J connectivity index is 1.66. The number of aliphatic imine (C=N–C) groups is 1. The van der Waals surface area contributed by atoms with Gasteiger partial charge in [-0.15, -0.1) is 0 Å². The van der Waals surface area contributed by atoms with Crippen LogP contribution in [0.25, 0.3) is 0 Å². The van der Waals surface area contributed by atoms with Crippen LogP contribution in [0.1, 0.15) is 25.7 Å². The number of amides is 1. The van der Waals surface area contributed by atoms with Crippen molar-refractivity contribution in [3.05, 3.63) is 40.6 Å². The number of hydrogen-bond acceptors (Lipinski definition) is 4. The number of ether oxygens (including phenoxy) is 1. The monoisotopic (exact) mass is 370 g/mol. The van der Waals surface area contributed by atoms with Crippen molar-refractivity contribution in [1.82, 2.24) is 5.32 Å². The summed E-state index contributed by atoms with van der Waals surface area (Å²) in [5.74, 6) is -3.27. The average molecular weight is 371 g/mol. The van der Waals surface area contributed by atoms with Gasteiger partial charge < -0.3 is 15.2 Å². The molecule has 25 heavy (non-hydrogen) atoms. The molecule has 1 aromatic rings. The van der Waals surface area contributed by atoms with E-state index >= 15 is 0 Å². The molecule has 2 N–H and O–H groups in total. The van der Waals surface area contributed by atoms with Gasteiger partial charge >= 0.3 is 5.97 Å². The molecule has 1 heterocycles. The predicted octanol–water partition coefficient (Wildman–Crippen LogP) is 2.72. The first-order valence-corrected chi connectivity index (χ1v) is 7.79. The normalized spacial score (nSPS) is 18.0. The molecule has 1 aromatic carbocycles. The van der Waals surface area contributed by atoms with E-state index in [1.54, 1.807) is 0 Å². The van der Waals surface area contributed by atoms with E-state index in [9.17, 15) is 18.4 Å². The molecule has 132 valence electrons. The van der Waals surface area contributed by atoms with E-state index in [0.29, 0.717) is 18.9 Å². The number of nitrogens with one attached hydrogen (secondary N) is 1. The first-order chi connectivity index (χ1) is 11.8. The molecule has 0 spiro atoms. The van der Waals surface area contributed by atoms with E-state index in [2.05, 4.69) is 10.3 Å². The van der Waals surface area contributed by atoms with Crippen LogP contribution in [0.4, 0.5) is 8.78 Å². The summed E-state index contributed by atoms with van der Waals surface area (Å²) in [5.41, 5.74) is -1.07. The zero-order chi connectivity index (χ0) is 18.2. The topological polar surface area (TPSA) is 88.0 Å². The van der Waals surface area contributed by atoms with Gasteiger partial charge in [0.2, 0.25) is 0 Å². The Labute approximate surface area is 146 Å². The van der Waals surface area contributed by atoms with Crippen molar-refractivity contribution >= 4 is 29.3 Å². The summed E-state index contributed by atoms with van der Waals surface area (Å²) in [6, 6.07) is 2.83. The van der Waals surface area contributed by atoms with E-state index in [0.717, 1.165) is 12.1 Å². The van der Waals surface area contributed by atoms with Gasteiger partial charge in [-0.1, -0.05) is 11.6 Å². The lowest BCUT2D eigenvalue weighted by Gasteiger charge is -2.18. The van der Waals surface area contributed by atoms with E-state index in [1.165, 1.54) is 0 Å². The number of hydrogen-bond donors (Lipinski definition) is 2. The maximum absolute atomic E-state index is 13.7. The summed E-state index contributed by atoms with van der Waals surface area (Å²) in [5, 5.41) is 11.6. The summed E-state index contributed by atoms with van der Waals surface area (Å²) in [6.07, 6.45) is 0.496. The molecular weight excluding hydrogens is 358 g/mol. The van der Waals surface area contributed by atoms with Crippen molar-refractivity contribution in [2.45, 2.75) is 31.3 Å². The van der Waals surface area contributed by atoms with Crippen LogP contribution >= 0.6 is 11.6 Å². The first kappa shape index (κ1) is 17.3. The van der Waals surface area contributed by atoms with Crippen molar-refractivity contribution in [2.24, 2.45) is 4.99 Å². The molecule has 0 bridgehead atoms. The van der Waals surface area contributed by atoms with Crippen LogP contribution in [0.2, 0.25) is 0 Å². The summed E-state index contributed by atoms with van der Waals surface area (Å²) >= 11 is 5.93. The molecule has 9 heteroatoms. The van der Waals surface area contributed by atoms with E-state index in [1.807, 2.05) is 0 Å². The molecule has 3 rings (SSSR count). The number of amidine groups is 1. The van der Waals surface area contributed by atoms with Gasteiger partial charge in [-0.2, -0.15) is 0 Å². The lowest BCUT2D eigenvalue weighted by molar-refractivity contribution is -0.136. The molecule has 1 aliphatic heterocycles. The molecule has 6 nitrogen and oxygen atoms in total. The molecule has 0 aromatic heterocycles. The molecule has 0 unspecified atom stereocenters. The number of benzene rings is 1. The van der Waals surface area contributed by atoms with Gasteiger partial charge in [-0.25, -0.2) is 13.8 Å². The Morgan fingerprint density at radius 2 is 2.08 bits per heavy atom. The van der Waals surface area contributed by atoms with Gasteiger partial charge in [0.25, 0.3) is 5.91 Å². The largest absolute Gasteiger partial charge is 0.481 e. The fourth-order valence-electron chi connectivity index (χ4n) is 2.37. The van der Waals surface area contributed by atoms with Crippen molar-refractivity contribution in [2.75, 3.05) is 0 Å². The fourth-order valence-corrected chi connectivity index (χ4v) is 2.60. The Morgan fingerprint density at radius 3 is 2.68 bits per heavy atom. The molecule has 1 saturated carbocycles. The van der Waals surface area contributed by atoms with Crippen LogP contribution < -0.4 is 10.1 Å². The second-order valence-electron chi connectivity index (χ2n) is 5.78. The van der Waals surface area contributed by atoms with Crippen LogP contribution in [0.15, 0.2) is 33.9 Å². The average Bonchev–Trinajstić information content (AvgIpc) is 3.22. The predicted molar refractivity (Wildman–Crippen MR) is 84.3 cm³/mol. The number of halogens is 3. The van der Waals surface area contributed by atoms with Crippen molar-refractivity contribution in [1.29, 1.82) is 0 Å². The number of carboxylic acid groups (broad SMARTS) is 1. The zero-order valence-electron chi connectivity index (χ0n) is 12.8. The molecule has 1 aliphatic carbocycles. The van der Waals surface area contributed by atoms with Crippen LogP contribution in [0.5, 0.6) is 5.75 Å².